The van der Waals surface area contributed by atoms with Gasteiger partial charge >= 0.3 is 0 Å². The quantitative estimate of drug-likeness (QED) is 0.797. The molecule has 2 aromatic rings. The van der Waals surface area contributed by atoms with E-state index >= 15 is 0 Å². The summed E-state index contributed by atoms with van der Waals surface area (Å²) >= 11 is 0. The molecule has 0 saturated carbocycles. The Hall–Kier alpha value is -1.97. The zero-order valence-electron chi connectivity index (χ0n) is 12.3. The average Bonchev–Trinajstić information content (AvgIpc) is 2.91. The molecule has 108 valence electrons. The lowest BCUT2D eigenvalue weighted by Crippen LogP contribution is -2.09. The number of ether oxygens (including phenoxy) is 1. The lowest BCUT2D eigenvalue weighted by Gasteiger charge is -2.13. The van der Waals surface area contributed by atoms with Crippen LogP contribution < -0.4 is 10.1 Å². The predicted octanol–water partition coefficient (Wildman–Crippen LogP) is 3.69. The molecule has 2 rings (SSSR count). The summed E-state index contributed by atoms with van der Waals surface area (Å²) in [7, 11) is 0. The Labute approximate surface area is 120 Å². The summed E-state index contributed by atoms with van der Waals surface area (Å²) in [5.74, 6) is 1.96. The zero-order chi connectivity index (χ0) is 14.2. The minimum absolute atomic E-state index is 0.708. The molecule has 0 saturated heterocycles. The van der Waals surface area contributed by atoms with Crippen molar-refractivity contribution in [2.45, 2.75) is 39.8 Å². The molecule has 0 unspecified atom stereocenters. The normalized spacial score (nSPS) is 10.5. The van der Waals surface area contributed by atoms with Gasteiger partial charge in [0, 0.05) is 18.9 Å². The summed E-state index contributed by atoms with van der Waals surface area (Å²) in [6.07, 6.45) is 6.00. The average molecular weight is 273 g/mol. The van der Waals surface area contributed by atoms with Gasteiger partial charge in [-0.25, -0.2) is 4.98 Å². The summed E-state index contributed by atoms with van der Waals surface area (Å²) in [6, 6.07) is 8.04. The summed E-state index contributed by atoms with van der Waals surface area (Å²) in [4.78, 5) is 4.40. The highest BCUT2D eigenvalue weighted by molar-refractivity contribution is 5.56. The molecule has 0 spiro atoms. The van der Waals surface area contributed by atoms with E-state index in [1.165, 1.54) is 0 Å². The highest BCUT2D eigenvalue weighted by atomic mass is 16.5. The molecular weight excluding hydrogens is 250 g/mol. The lowest BCUT2D eigenvalue weighted by molar-refractivity contribution is 0.319. The first-order valence-corrected chi connectivity index (χ1v) is 7.30. The number of nitrogens with one attached hydrogen (secondary N) is 1. The second-order valence-electron chi connectivity index (χ2n) is 4.74. The maximum Gasteiger partial charge on any atom is 0.142 e. The fraction of sp³-hybridized carbons (Fsp3) is 0.438. The number of imidazole rings is 1. The number of nitrogens with zero attached hydrogens (tertiary/aromatic N) is 2. The second kappa shape index (κ2) is 7.58. The molecular formula is C16H23N3O. The van der Waals surface area contributed by atoms with Crippen LogP contribution in [0.1, 0.15) is 32.5 Å². The van der Waals surface area contributed by atoms with Crippen LogP contribution in [0.3, 0.4) is 0 Å². The minimum atomic E-state index is 0.708. The van der Waals surface area contributed by atoms with Gasteiger partial charge in [-0.15, -0.1) is 0 Å². The van der Waals surface area contributed by atoms with Crippen LogP contribution in [0, 0.1) is 0 Å². The lowest BCUT2D eigenvalue weighted by atomic mass is 10.3. The van der Waals surface area contributed by atoms with Crippen LogP contribution in [0.4, 0.5) is 5.69 Å². The molecule has 1 heterocycles. The van der Waals surface area contributed by atoms with Gasteiger partial charge in [-0.05, 0) is 25.0 Å². The maximum atomic E-state index is 5.74. The first-order valence-electron chi connectivity index (χ1n) is 7.30. The van der Waals surface area contributed by atoms with Gasteiger partial charge in [0.1, 0.15) is 11.6 Å². The maximum absolute atomic E-state index is 5.74. The Kier molecular flexibility index (Phi) is 5.47. The van der Waals surface area contributed by atoms with Gasteiger partial charge in [-0.2, -0.15) is 0 Å². The number of para-hydroxylation sites is 2. The largest absolute Gasteiger partial charge is 0.491 e. The number of rotatable bonds is 8. The third kappa shape index (κ3) is 3.76. The van der Waals surface area contributed by atoms with Gasteiger partial charge < -0.3 is 14.6 Å². The number of hydrogen-bond acceptors (Lipinski definition) is 3. The van der Waals surface area contributed by atoms with E-state index in [-0.39, 0.29) is 0 Å². The summed E-state index contributed by atoms with van der Waals surface area (Å²) < 4.78 is 7.93. The van der Waals surface area contributed by atoms with E-state index < -0.39 is 0 Å². The van der Waals surface area contributed by atoms with Crippen LogP contribution in [-0.2, 0) is 13.1 Å². The molecule has 1 aromatic carbocycles. The molecule has 1 N–H and O–H groups in total. The van der Waals surface area contributed by atoms with Crippen LogP contribution in [0.15, 0.2) is 36.7 Å². The molecule has 0 fully saturated rings. The second-order valence-corrected chi connectivity index (χ2v) is 4.74. The fourth-order valence-corrected chi connectivity index (χ4v) is 2.08. The van der Waals surface area contributed by atoms with Gasteiger partial charge in [0.15, 0.2) is 0 Å². The first-order chi connectivity index (χ1) is 9.85. The van der Waals surface area contributed by atoms with Crippen molar-refractivity contribution in [3.63, 3.8) is 0 Å². The molecule has 0 amide bonds. The van der Waals surface area contributed by atoms with E-state index in [2.05, 4.69) is 28.7 Å². The Morgan fingerprint density at radius 3 is 2.85 bits per heavy atom. The number of anilines is 1. The van der Waals surface area contributed by atoms with Gasteiger partial charge in [0.05, 0.1) is 18.8 Å². The third-order valence-corrected chi connectivity index (χ3v) is 3.05. The molecule has 0 aliphatic rings. The van der Waals surface area contributed by atoms with Gasteiger partial charge in [0.25, 0.3) is 0 Å². The van der Waals surface area contributed by atoms with E-state index in [4.69, 9.17) is 4.74 Å². The van der Waals surface area contributed by atoms with Crippen molar-refractivity contribution in [1.82, 2.24) is 9.55 Å². The first kappa shape index (κ1) is 14.4. The van der Waals surface area contributed by atoms with Crippen molar-refractivity contribution in [3.05, 3.63) is 42.5 Å². The number of aryl methyl sites for hydroxylation is 1. The van der Waals surface area contributed by atoms with Crippen molar-refractivity contribution in [2.75, 3.05) is 11.9 Å². The van der Waals surface area contributed by atoms with E-state index in [0.29, 0.717) is 6.54 Å². The van der Waals surface area contributed by atoms with E-state index in [9.17, 15) is 0 Å². The Balaban J connectivity index is 2.01. The van der Waals surface area contributed by atoms with Crippen molar-refractivity contribution in [2.24, 2.45) is 0 Å². The predicted molar refractivity (Wildman–Crippen MR) is 82.1 cm³/mol. The van der Waals surface area contributed by atoms with Crippen LogP contribution >= 0.6 is 0 Å². The molecule has 20 heavy (non-hydrogen) atoms. The van der Waals surface area contributed by atoms with Crippen molar-refractivity contribution >= 4 is 5.69 Å². The van der Waals surface area contributed by atoms with Crippen molar-refractivity contribution in [3.8, 4) is 5.75 Å². The smallest absolute Gasteiger partial charge is 0.142 e. The molecule has 4 heteroatoms. The summed E-state index contributed by atoms with van der Waals surface area (Å²) in [6.45, 7) is 6.73. The fourth-order valence-electron chi connectivity index (χ4n) is 2.08. The monoisotopic (exact) mass is 273 g/mol. The van der Waals surface area contributed by atoms with Crippen LogP contribution in [0.2, 0.25) is 0 Å². The van der Waals surface area contributed by atoms with E-state index in [1.807, 2.05) is 36.7 Å². The Morgan fingerprint density at radius 2 is 2.05 bits per heavy atom. The Bertz CT molecular complexity index is 522. The third-order valence-electron chi connectivity index (χ3n) is 3.05. The summed E-state index contributed by atoms with van der Waals surface area (Å²) in [5.41, 5.74) is 1.02. The van der Waals surface area contributed by atoms with Crippen molar-refractivity contribution in [1.29, 1.82) is 0 Å². The van der Waals surface area contributed by atoms with Crippen molar-refractivity contribution < 1.29 is 4.74 Å². The topological polar surface area (TPSA) is 39.1 Å². The molecule has 0 aliphatic carbocycles. The molecule has 0 bridgehead atoms. The highest BCUT2D eigenvalue weighted by Crippen LogP contribution is 2.24. The van der Waals surface area contributed by atoms with Gasteiger partial charge in [-0.1, -0.05) is 26.0 Å². The SMILES string of the molecule is CCCOc1ccccc1NCc1nccn1CCC. The van der Waals surface area contributed by atoms with E-state index in [1.54, 1.807) is 0 Å². The Morgan fingerprint density at radius 1 is 1.20 bits per heavy atom. The molecule has 0 atom stereocenters. The van der Waals surface area contributed by atoms with E-state index in [0.717, 1.165) is 43.3 Å². The van der Waals surface area contributed by atoms with Gasteiger partial charge in [-0.3, -0.25) is 0 Å². The summed E-state index contributed by atoms with van der Waals surface area (Å²) in [5, 5.41) is 3.42. The molecule has 0 aliphatic heterocycles. The molecule has 4 nitrogen and oxygen atoms in total. The van der Waals surface area contributed by atoms with Crippen LogP contribution in [-0.4, -0.2) is 16.2 Å². The van der Waals surface area contributed by atoms with Gasteiger partial charge in [0.2, 0.25) is 0 Å². The van der Waals surface area contributed by atoms with Crippen LogP contribution in [0.5, 0.6) is 5.75 Å². The number of aromatic nitrogens is 2. The zero-order valence-corrected chi connectivity index (χ0v) is 12.3. The number of benzene rings is 1. The number of hydrogen-bond donors (Lipinski definition) is 1. The minimum Gasteiger partial charge on any atom is -0.491 e. The standard InChI is InChI=1S/C16H23N3O/c1-3-10-19-11-9-17-16(19)13-18-14-7-5-6-8-15(14)20-12-4-2/h5-9,11,18H,3-4,10,12-13H2,1-2H3. The highest BCUT2D eigenvalue weighted by Gasteiger charge is 2.05. The molecule has 1 aromatic heterocycles. The molecule has 0 radical (unpaired) electrons. The van der Waals surface area contributed by atoms with Crippen LogP contribution in [0.25, 0.3) is 0 Å².